The summed E-state index contributed by atoms with van der Waals surface area (Å²) in [6.07, 6.45) is 1.31. The maximum atomic E-state index is 13.2. The van der Waals surface area contributed by atoms with Crippen LogP contribution >= 0.6 is 34.8 Å². The molecule has 190 valence electrons. The van der Waals surface area contributed by atoms with Gasteiger partial charge in [-0.25, -0.2) is 9.69 Å². The number of imide groups is 2. The van der Waals surface area contributed by atoms with Crippen LogP contribution in [0.15, 0.2) is 60.2 Å². The SMILES string of the molecule is COc1ccc(N2C(=O)NC(=O)C(=Cc3cc(Cl)c(OCc4ccc(Cl)cc4Cl)c(OC)c3)C2=O)cc1. The van der Waals surface area contributed by atoms with Crippen molar-refractivity contribution in [3.63, 3.8) is 0 Å². The van der Waals surface area contributed by atoms with Crippen molar-refractivity contribution in [3.05, 3.63) is 86.4 Å². The van der Waals surface area contributed by atoms with E-state index in [9.17, 15) is 14.4 Å². The number of nitrogens with one attached hydrogen (secondary N) is 1. The Kier molecular flexibility index (Phi) is 7.92. The second kappa shape index (κ2) is 11.1. The Bertz CT molecular complexity index is 1420. The molecule has 1 heterocycles. The number of methoxy groups -OCH3 is 2. The Labute approximate surface area is 227 Å². The molecule has 8 nitrogen and oxygen atoms in total. The number of hydrogen-bond donors (Lipinski definition) is 1. The molecule has 3 aromatic carbocycles. The number of halogens is 3. The number of carbonyl (C=O) groups excluding carboxylic acids is 3. The molecular weight excluding hydrogens is 543 g/mol. The standard InChI is InChI=1S/C26H19Cl3N2O6/c1-35-18-7-5-17(6-8-18)31-25(33)19(24(32)30-26(31)34)9-14-10-21(29)23(22(11-14)36-2)37-13-15-3-4-16(27)12-20(15)28/h3-12H,13H2,1-2H3,(H,30,32,34). The van der Waals surface area contributed by atoms with Gasteiger partial charge in [-0.15, -0.1) is 0 Å². The summed E-state index contributed by atoms with van der Waals surface area (Å²) in [7, 11) is 2.92. The molecule has 1 N–H and O–H groups in total. The first-order valence-corrected chi connectivity index (χ1v) is 11.8. The van der Waals surface area contributed by atoms with E-state index in [1.807, 2.05) is 0 Å². The van der Waals surface area contributed by atoms with Crippen LogP contribution in [-0.2, 0) is 16.2 Å². The Balaban J connectivity index is 1.63. The predicted octanol–water partition coefficient (Wildman–Crippen LogP) is 5.91. The Hall–Kier alpha value is -3.72. The van der Waals surface area contributed by atoms with Gasteiger partial charge >= 0.3 is 6.03 Å². The van der Waals surface area contributed by atoms with Crippen molar-refractivity contribution in [2.75, 3.05) is 19.1 Å². The molecule has 0 atom stereocenters. The average Bonchev–Trinajstić information content (AvgIpc) is 2.87. The number of nitrogens with zero attached hydrogens (tertiary/aromatic N) is 1. The van der Waals surface area contributed by atoms with Crippen molar-refractivity contribution >= 4 is 64.4 Å². The number of anilines is 1. The van der Waals surface area contributed by atoms with Crippen LogP contribution in [0.25, 0.3) is 6.08 Å². The first-order chi connectivity index (χ1) is 17.7. The van der Waals surface area contributed by atoms with Crippen molar-refractivity contribution in [1.82, 2.24) is 5.32 Å². The molecule has 11 heteroatoms. The molecular formula is C26H19Cl3N2O6. The molecule has 0 unspecified atom stereocenters. The molecule has 1 aliphatic rings. The van der Waals surface area contributed by atoms with Gasteiger partial charge < -0.3 is 14.2 Å². The first-order valence-electron chi connectivity index (χ1n) is 10.7. The molecule has 1 saturated heterocycles. The van der Waals surface area contributed by atoms with Gasteiger partial charge in [0.25, 0.3) is 11.8 Å². The third-order valence-corrected chi connectivity index (χ3v) is 6.25. The van der Waals surface area contributed by atoms with Crippen LogP contribution in [0.4, 0.5) is 10.5 Å². The molecule has 0 bridgehead atoms. The maximum absolute atomic E-state index is 13.2. The van der Waals surface area contributed by atoms with Crippen LogP contribution in [-0.4, -0.2) is 32.1 Å². The number of barbiturate groups is 1. The maximum Gasteiger partial charge on any atom is 0.335 e. The monoisotopic (exact) mass is 560 g/mol. The minimum Gasteiger partial charge on any atom is -0.497 e. The van der Waals surface area contributed by atoms with Crippen LogP contribution in [0, 0.1) is 0 Å². The third kappa shape index (κ3) is 5.67. The molecule has 0 saturated carbocycles. The largest absolute Gasteiger partial charge is 0.497 e. The fourth-order valence-electron chi connectivity index (χ4n) is 3.54. The number of hydrogen-bond acceptors (Lipinski definition) is 6. The highest BCUT2D eigenvalue weighted by Gasteiger charge is 2.37. The number of rotatable bonds is 7. The van der Waals surface area contributed by atoms with E-state index in [4.69, 9.17) is 49.0 Å². The fourth-order valence-corrected chi connectivity index (χ4v) is 4.28. The summed E-state index contributed by atoms with van der Waals surface area (Å²) < 4.78 is 16.4. The van der Waals surface area contributed by atoms with Crippen LogP contribution in [0.3, 0.4) is 0 Å². The quantitative estimate of drug-likeness (QED) is 0.285. The smallest absolute Gasteiger partial charge is 0.335 e. The number of benzene rings is 3. The van der Waals surface area contributed by atoms with Gasteiger partial charge in [-0.3, -0.25) is 14.9 Å². The van der Waals surface area contributed by atoms with E-state index in [-0.39, 0.29) is 34.4 Å². The molecule has 0 radical (unpaired) electrons. The minimum atomic E-state index is -0.863. The Morgan fingerprint density at radius 2 is 1.62 bits per heavy atom. The first kappa shape index (κ1) is 26.3. The van der Waals surface area contributed by atoms with E-state index in [2.05, 4.69) is 5.32 Å². The van der Waals surface area contributed by atoms with Gasteiger partial charge in [-0.05, 0) is 60.2 Å². The van der Waals surface area contributed by atoms with Crippen LogP contribution in [0.2, 0.25) is 15.1 Å². The summed E-state index contributed by atoms with van der Waals surface area (Å²) in [5.41, 5.74) is 1.06. The van der Waals surface area contributed by atoms with Gasteiger partial charge in [-0.2, -0.15) is 0 Å². The summed E-state index contributed by atoms with van der Waals surface area (Å²) in [6.45, 7) is 0.0896. The van der Waals surface area contributed by atoms with Gasteiger partial charge in [0.2, 0.25) is 0 Å². The van der Waals surface area contributed by atoms with E-state index in [0.29, 0.717) is 26.9 Å². The number of ether oxygens (including phenoxy) is 3. The topological polar surface area (TPSA) is 94.2 Å². The highest BCUT2D eigenvalue weighted by atomic mass is 35.5. The summed E-state index contributed by atoms with van der Waals surface area (Å²) in [4.78, 5) is 39.0. The predicted molar refractivity (Wildman–Crippen MR) is 141 cm³/mol. The van der Waals surface area contributed by atoms with Gasteiger partial charge in [0.15, 0.2) is 11.5 Å². The van der Waals surface area contributed by atoms with Crippen molar-refractivity contribution < 1.29 is 28.6 Å². The fraction of sp³-hybridized carbons (Fsp3) is 0.115. The highest BCUT2D eigenvalue weighted by molar-refractivity contribution is 6.39. The lowest BCUT2D eigenvalue weighted by Gasteiger charge is -2.26. The van der Waals surface area contributed by atoms with Gasteiger partial charge in [0, 0.05) is 15.6 Å². The van der Waals surface area contributed by atoms with Crippen LogP contribution in [0.1, 0.15) is 11.1 Å². The summed E-state index contributed by atoms with van der Waals surface area (Å²) in [6, 6.07) is 13.5. The molecule has 1 aliphatic heterocycles. The van der Waals surface area contributed by atoms with Gasteiger partial charge in [0.1, 0.15) is 17.9 Å². The van der Waals surface area contributed by atoms with E-state index in [1.165, 1.54) is 38.5 Å². The van der Waals surface area contributed by atoms with Crippen molar-refractivity contribution in [1.29, 1.82) is 0 Å². The number of amides is 4. The normalized spacial score (nSPS) is 14.6. The molecule has 3 aromatic rings. The zero-order chi connectivity index (χ0) is 26.7. The summed E-state index contributed by atoms with van der Waals surface area (Å²) in [5.74, 6) is -0.593. The lowest BCUT2D eigenvalue weighted by molar-refractivity contribution is -0.122. The second-order valence-corrected chi connectivity index (χ2v) is 8.97. The lowest BCUT2D eigenvalue weighted by Crippen LogP contribution is -2.54. The van der Waals surface area contributed by atoms with E-state index < -0.39 is 17.8 Å². The Morgan fingerprint density at radius 1 is 0.892 bits per heavy atom. The summed E-state index contributed by atoms with van der Waals surface area (Å²) >= 11 is 18.6. The van der Waals surface area contributed by atoms with E-state index >= 15 is 0 Å². The molecule has 37 heavy (non-hydrogen) atoms. The number of urea groups is 1. The molecule has 0 aliphatic carbocycles. The molecule has 1 fully saturated rings. The zero-order valence-corrected chi connectivity index (χ0v) is 21.8. The van der Waals surface area contributed by atoms with Crippen molar-refractivity contribution in [2.45, 2.75) is 6.61 Å². The highest BCUT2D eigenvalue weighted by Crippen LogP contribution is 2.38. The van der Waals surface area contributed by atoms with Gasteiger partial charge in [0.05, 0.1) is 24.9 Å². The van der Waals surface area contributed by atoms with E-state index in [0.717, 1.165) is 4.90 Å². The third-order valence-electron chi connectivity index (χ3n) is 5.38. The van der Waals surface area contributed by atoms with Gasteiger partial charge in [-0.1, -0.05) is 40.9 Å². The molecule has 0 spiro atoms. The van der Waals surface area contributed by atoms with Crippen LogP contribution < -0.4 is 24.4 Å². The zero-order valence-electron chi connectivity index (χ0n) is 19.5. The molecule has 4 rings (SSSR count). The van der Waals surface area contributed by atoms with Crippen molar-refractivity contribution in [3.8, 4) is 17.2 Å². The minimum absolute atomic E-state index is 0.0896. The molecule has 0 aromatic heterocycles. The Morgan fingerprint density at radius 3 is 2.27 bits per heavy atom. The number of carbonyl (C=O) groups is 3. The molecule has 4 amide bonds. The second-order valence-electron chi connectivity index (χ2n) is 7.71. The summed E-state index contributed by atoms with van der Waals surface area (Å²) in [5, 5.41) is 3.27. The van der Waals surface area contributed by atoms with Crippen molar-refractivity contribution in [2.24, 2.45) is 0 Å². The van der Waals surface area contributed by atoms with Crippen LogP contribution in [0.5, 0.6) is 17.2 Å². The van der Waals surface area contributed by atoms with E-state index in [1.54, 1.807) is 36.4 Å². The lowest BCUT2D eigenvalue weighted by atomic mass is 10.1. The average molecular weight is 562 g/mol.